The Labute approximate surface area is 237 Å². The summed E-state index contributed by atoms with van der Waals surface area (Å²) in [4.78, 5) is 24.1. The molecule has 4 aromatic rings. The number of para-hydroxylation sites is 1. The number of benzene rings is 3. The van der Waals surface area contributed by atoms with E-state index < -0.39 is 0 Å². The number of rotatable bonds is 9. The highest BCUT2D eigenvalue weighted by molar-refractivity contribution is 8.18. The summed E-state index contributed by atoms with van der Waals surface area (Å²) in [6.07, 6.45) is 5.53. The number of aromatic nitrogens is 1. The average molecular weight is 560 g/mol. The number of aromatic amines is 1. The molecule has 8 heteroatoms. The number of thioether (sulfide) groups is 1. The third kappa shape index (κ3) is 6.15. The van der Waals surface area contributed by atoms with E-state index in [9.17, 15) is 4.79 Å². The van der Waals surface area contributed by atoms with Crippen LogP contribution in [0.2, 0.25) is 5.02 Å². The quantitative estimate of drug-likeness (QED) is 0.212. The number of nitrogens with zero attached hydrogens (tertiary/aromatic N) is 2. The Balaban J connectivity index is 1.42. The minimum atomic E-state index is -0.0804. The Morgan fingerprint density at radius 3 is 2.67 bits per heavy atom. The topological polar surface area (TPSA) is 66.9 Å². The molecule has 5 rings (SSSR count). The van der Waals surface area contributed by atoms with Crippen LogP contribution in [0.4, 0.5) is 5.69 Å². The Hall–Kier alpha value is -3.68. The Bertz CT molecular complexity index is 1540. The van der Waals surface area contributed by atoms with Crippen molar-refractivity contribution in [3.8, 4) is 11.5 Å². The van der Waals surface area contributed by atoms with Gasteiger partial charge in [-0.25, -0.2) is 4.99 Å². The van der Waals surface area contributed by atoms with Crippen LogP contribution in [-0.2, 0) is 11.2 Å². The average Bonchev–Trinajstić information content (AvgIpc) is 3.49. The first-order chi connectivity index (χ1) is 18.9. The molecular formula is C31H30ClN3O3S. The number of nitrogens with one attached hydrogen (secondary N) is 1. The number of carbonyl (C=O) groups is 1. The third-order valence-electron chi connectivity index (χ3n) is 6.62. The minimum Gasteiger partial charge on any atom is -0.497 e. The minimum absolute atomic E-state index is 0.0705. The summed E-state index contributed by atoms with van der Waals surface area (Å²) in [5, 5.41) is 2.32. The maximum absolute atomic E-state index is 13.6. The number of amidine groups is 1. The standard InChI is InChI=1S/C31H30ClN3O3S/c1-4-20(2)38-28-14-9-21(17-26(28)32)18-29-30(36)35(16-15-22-19-33-27-8-6-5-7-25(22)27)31(39-29)34-23-10-12-24(37-3)13-11-23/h5-14,17-20,33H,4,15-16H2,1-3H3/b29-18-,34-31?/t20-/m0/s1. The van der Waals surface area contributed by atoms with Gasteiger partial charge in [-0.1, -0.05) is 42.8 Å². The van der Waals surface area contributed by atoms with Crippen LogP contribution in [0.1, 0.15) is 31.4 Å². The first-order valence-electron chi connectivity index (χ1n) is 12.9. The van der Waals surface area contributed by atoms with E-state index in [1.54, 1.807) is 12.0 Å². The van der Waals surface area contributed by atoms with Crippen molar-refractivity contribution < 1.29 is 14.3 Å². The summed E-state index contributed by atoms with van der Waals surface area (Å²) in [5.41, 5.74) is 3.82. The zero-order valence-electron chi connectivity index (χ0n) is 22.1. The molecule has 1 N–H and O–H groups in total. The highest BCUT2D eigenvalue weighted by Crippen LogP contribution is 2.36. The van der Waals surface area contributed by atoms with Gasteiger partial charge < -0.3 is 14.5 Å². The molecule has 0 bridgehead atoms. The van der Waals surface area contributed by atoms with Crippen LogP contribution in [0.5, 0.6) is 11.5 Å². The van der Waals surface area contributed by atoms with Crippen LogP contribution < -0.4 is 9.47 Å². The van der Waals surface area contributed by atoms with Crippen LogP contribution in [0, 0.1) is 0 Å². The SMILES string of the molecule is CC[C@H](C)Oc1ccc(/C=C2\SC(=Nc3ccc(OC)cc3)N(CCc3c[nH]c4ccccc34)C2=O)cc1Cl. The van der Waals surface area contributed by atoms with Crippen molar-refractivity contribution >= 4 is 57.1 Å². The predicted octanol–water partition coefficient (Wildman–Crippen LogP) is 7.85. The smallest absolute Gasteiger partial charge is 0.266 e. The van der Waals surface area contributed by atoms with Gasteiger partial charge in [-0.15, -0.1) is 0 Å². The van der Waals surface area contributed by atoms with Gasteiger partial charge >= 0.3 is 0 Å². The lowest BCUT2D eigenvalue weighted by Gasteiger charge is -2.15. The lowest BCUT2D eigenvalue weighted by molar-refractivity contribution is -0.122. The predicted molar refractivity (Wildman–Crippen MR) is 161 cm³/mol. The van der Waals surface area contributed by atoms with Crippen LogP contribution in [-0.4, -0.2) is 40.7 Å². The molecule has 1 saturated heterocycles. The molecule has 1 aliphatic rings. The molecular weight excluding hydrogens is 530 g/mol. The fourth-order valence-electron chi connectivity index (χ4n) is 4.28. The first-order valence-corrected chi connectivity index (χ1v) is 14.1. The van der Waals surface area contributed by atoms with Gasteiger partial charge in [0.25, 0.3) is 5.91 Å². The van der Waals surface area contributed by atoms with Gasteiger partial charge in [0.05, 0.1) is 28.8 Å². The van der Waals surface area contributed by atoms with Crippen molar-refractivity contribution in [3.05, 3.63) is 94.0 Å². The molecule has 0 saturated carbocycles. The van der Waals surface area contributed by atoms with Gasteiger partial charge in [0.15, 0.2) is 5.17 Å². The van der Waals surface area contributed by atoms with E-state index in [0.29, 0.717) is 33.8 Å². The number of halogens is 1. The largest absolute Gasteiger partial charge is 0.497 e. The summed E-state index contributed by atoms with van der Waals surface area (Å²) >= 11 is 7.87. The molecule has 0 aliphatic carbocycles. The monoisotopic (exact) mass is 559 g/mol. The number of fused-ring (bicyclic) bond motifs is 1. The second-order valence-corrected chi connectivity index (χ2v) is 10.7. The fraction of sp³-hybridized carbons (Fsp3) is 0.226. The lowest BCUT2D eigenvalue weighted by Crippen LogP contribution is -2.31. The summed E-state index contributed by atoms with van der Waals surface area (Å²) < 4.78 is 11.2. The van der Waals surface area contributed by atoms with E-state index in [4.69, 9.17) is 26.1 Å². The zero-order chi connectivity index (χ0) is 27.4. The van der Waals surface area contributed by atoms with Gasteiger partial charge in [0, 0.05) is 23.6 Å². The van der Waals surface area contributed by atoms with Gasteiger partial charge in [-0.05, 0) is 91.2 Å². The third-order valence-corrected chi connectivity index (χ3v) is 7.92. The van der Waals surface area contributed by atoms with E-state index in [1.807, 2.05) is 73.8 Å². The van der Waals surface area contributed by atoms with E-state index in [2.05, 4.69) is 24.0 Å². The number of hydrogen-bond donors (Lipinski definition) is 1. The number of H-pyrrole nitrogens is 1. The Morgan fingerprint density at radius 1 is 1.13 bits per heavy atom. The van der Waals surface area contributed by atoms with E-state index >= 15 is 0 Å². The molecule has 1 amide bonds. The number of ether oxygens (including phenoxy) is 2. The van der Waals surface area contributed by atoms with Crippen LogP contribution >= 0.6 is 23.4 Å². The molecule has 1 fully saturated rings. The van der Waals surface area contributed by atoms with Gasteiger partial charge in [0.2, 0.25) is 0 Å². The molecule has 6 nitrogen and oxygen atoms in total. The molecule has 1 aromatic heterocycles. The van der Waals surface area contributed by atoms with Gasteiger partial charge in [0.1, 0.15) is 11.5 Å². The summed E-state index contributed by atoms with van der Waals surface area (Å²) in [6, 6.07) is 21.3. The van der Waals surface area contributed by atoms with E-state index in [-0.39, 0.29) is 12.0 Å². The van der Waals surface area contributed by atoms with Crippen molar-refractivity contribution in [2.75, 3.05) is 13.7 Å². The summed E-state index contributed by atoms with van der Waals surface area (Å²) in [6.45, 7) is 4.58. The molecule has 39 heavy (non-hydrogen) atoms. The molecule has 3 aromatic carbocycles. The van der Waals surface area contributed by atoms with Crippen molar-refractivity contribution in [2.45, 2.75) is 32.8 Å². The molecule has 1 atom stereocenters. The summed E-state index contributed by atoms with van der Waals surface area (Å²) in [5.74, 6) is 1.31. The molecule has 200 valence electrons. The van der Waals surface area contributed by atoms with E-state index in [0.717, 1.165) is 39.9 Å². The normalized spacial score (nSPS) is 16.4. The Kier molecular flexibility index (Phi) is 8.29. The van der Waals surface area contributed by atoms with Gasteiger partial charge in [-0.2, -0.15) is 0 Å². The van der Waals surface area contributed by atoms with Crippen LogP contribution in [0.25, 0.3) is 17.0 Å². The fourth-order valence-corrected chi connectivity index (χ4v) is 5.54. The highest BCUT2D eigenvalue weighted by atomic mass is 35.5. The molecule has 0 radical (unpaired) electrons. The van der Waals surface area contributed by atoms with Crippen molar-refractivity contribution in [2.24, 2.45) is 4.99 Å². The Morgan fingerprint density at radius 2 is 1.92 bits per heavy atom. The van der Waals surface area contributed by atoms with Crippen molar-refractivity contribution in [1.82, 2.24) is 9.88 Å². The molecule has 0 unspecified atom stereocenters. The molecule has 0 spiro atoms. The number of carbonyl (C=O) groups excluding carboxylic acids is 1. The number of hydrogen-bond acceptors (Lipinski definition) is 5. The lowest BCUT2D eigenvalue weighted by atomic mass is 10.1. The maximum atomic E-state index is 13.6. The maximum Gasteiger partial charge on any atom is 0.266 e. The molecule has 1 aliphatic heterocycles. The molecule has 2 heterocycles. The van der Waals surface area contributed by atoms with Crippen molar-refractivity contribution in [3.63, 3.8) is 0 Å². The second-order valence-electron chi connectivity index (χ2n) is 9.30. The van der Waals surface area contributed by atoms with E-state index in [1.165, 1.54) is 11.8 Å². The zero-order valence-corrected chi connectivity index (χ0v) is 23.7. The first kappa shape index (κ1) is 26.9. The van der Waals surface area contributed by atoms with Crippen LogP contribution in [0.3, 0.4) is 0 Å². The second kappa shape index (κ2) is 12.0. The van der Waals surface area contributed by atoms with Gasteiger partial charge in [-0.3, -0.25) is 9.69 Å². The number of amides is 1. The van der Waals surface area contributed by atoms with Crippen molar-refractivity contribution in [1.29, 1.82) is 0 Å². The number of aliphatic imine (C=N–C) groups is 1. The number of methoxy groups -OCH3 is 1. The highest BCUT2D eigenvalue weighted by Gasteiger charge is 2.33. The van der Waals surface area contributed by atoms with Crippen LogP contribution in [0.15, 0.2) is 82.8 Å². The summed E-state index contributed by atoms with van der Waals surface area (Å²) in [7, 11) is 1.63.